The van der Waals surface area contributed by atoms with Crippen LogP contribution in [-0.2, 0) is 0 Å². The largest absolute Gasteiger partial charge is 0.373 e. The Balaban J connectivity index is 2.36. The van der Waals surface area contributed by atoms with Gasteiger partial charge in [0.2, 0.25) is 5.95 Å². The van der Waals surface area contributed by atoms with E-state index in [0.717, 1.165) is 18.2 Å². The van der Waals surface area contributed by atoms with Crippen LogP contribution in [-0.4, -0.2) is 29.1 Å². The van der Waals surface area contributed by atoms with Crippen molar-refractivity contribution in [3.63, 3.8) is 0 Å². The maximum absolute atomic E-state index is 5.70. The molecule has 1 aliphatic heterocycles. The average molecular weight is 221 g/mol. The van der Waals surface area contributed by atoms with E-state index in [1.807, 2.05) is 13.1 Å². The Hall–Kier alpha value is -1.52. The normalized spacial score (nSPS) is 18.8. The number of nitrogens with one attached hydrogen (secondary N) is 1. The fraction of sp³-hybridized carbons (Fsp3) is 0.636. The summed E-state index contributed by atoms with van der Waals surface area (Å²) in [6, 6.07) is 1.95. The van der Waals surface area contributed by atoms with Gasteiger partial charge in [0.05, 0.1) is 0 Å². The molecule has 5 nitrogen and oxygen atoms in total. The van der Waals surface area contributed by atoms with Gasteiger partial charge in [-0.25, -0.2) is 0 Å². The molecule has 0 unspecified atom stereocenters. The quantitative estimate of drug-likeness (QED) is 0.791. The molecule has 5 heteroatoms. The van der Waals surface area contributed by atoms with E-state index in [2.05, 4.69) is 34.0 Å². The molecule has 0 atom stereocenters. The minimum absolute atomic E-state index is 0.159. The summed E-state index contributed by atoms with van der Waals surface area (Å²) >= 11 is 0. The van der Waals surface area contributed by atoms with Gasteiger partial charge in [-0.15, -0.1) is 0 Å². The van der Waals surface area contributed by atoms with E-state index in [4.69, 9.17) is 5.73 Å². The van der Waals surface area contributed by atoms with Crippen LogP contribution in [0, 0.1) is 0 Å². The van der Waals surface area contributed by atoms with E-state index < -0.39 is 0 Å². The molecule has 1 aromatic heterocycles. The first-order chi connectivity index (χ1) is 7.53. The van der Waals surface area contributed by atoms with Crippen LogP contribution in [0.5, 0.6) is 0 Å². The molecular formula is C11H19N5. The molecule has 0 spiro atoms. The summed E-state index contributed by atoms with van der Waals surface area (Å²) in [6.45, 7) is 5.50. The molecule has 0 aliphatic carbocycles. The molecule has 1 aliphatic rings. The van der Waals surface area contributed by atoms with Crippen LogP contribution in [0.1, 0.15) is 26.7 Å². The second-order valence-electron chi connectivity index (χ2n) is 4.79. The van der Waals surface area contributed by atoms with E-state index in [1.165, 1.54) is 12.8 Å². The maximum Gasteiger partial charge on any atom is 0.223 e. The van der Waals surface area contributed by atoms with Gasteiger partial charge in [0.15, 0.2) is 0 Å². The first-order valence-corrected chi connectivity index (χ1v) is 5.63. The lowest BCUT2D eigenvalue weighted by Crippen LogP contribution is -2.38. The zero-order chi connectivity index (χ0) is 11.8. The number of rotatable bonds is 2. The molecule has 88 valence electrons. The minimum atomic E-state index is 0.159. The maximum atomic E-state index is 5.70. The van der Waals surface area contributed by atoms with E-state index in [-0.39, 0.29) is 5.54 Å². The van der Waals surface area contributed by atoms with Crippen molar-refractivity contribution in [3.8, 4) is 0 Å². The van der Waals surface area contributed by atoms with Gasteiger partial charge in [-0.2, -0.15) is 9.97 Å². The van der Waals surface area contributed by atoms with Crippen LogP contribution < -0.4 is 16.0 Å². The predicted octanol–water partition coefficient (Wildman–Crippen LogP) is 1.48. The number of anilines is 3. The second-order valence-corrected chi connectivity index (χ2v) is 4.79. The summed E-state index contributed by atoms with van der Waals surface area (Å²) in [5.41, 5.74) is 5.86. The highest BCUT2D eigenvalue weighted by Crippen LogP contribution is 2.33. The predicted molar refractivity (Wildman–Crippen MR) is 66.7 cm³/mol. The van der Waals surface area contributed by atoms with Crippen molar-refractivity contribution >= 4 is 17.6 Å². The van der Waals surface area contributed by atoms with E-state index >= 15 is 0 Å². The number of aromatic nitrogens is 2. The molecule has 1 fully saturated rings. The molecule has 0 aromatic carbocycles. The van der Waals surface area contributed by atoms with E-state index in [9.17, 15) is 0 Å². The van der Waals surface area contributed by atoms with Crippen molar-refractivity contribution < 1.29 is 0 Å². The van der Waals surface area contributed by atoms with Gasteiger partial charge in [-0.3, -0.25) is 0 Å². The minimum Gasteiger partial charge on any atom is -0.373 e. The molecule has 0 bridgehead atoms. The third-order valence-electron chi connectivity index (χ3n) is 3.16. The van der Waals surface area contributed by atoms with E-state index in [1.54, 1.807) is 0 Å². The summed E-state index contributed by atoms with van der Waals surface area (Å²) in [7, 11) is 1.83. The van der Waals surface area contributed by atoms with Crippen molar-refractivity contribution in [1.82, 2.24) is 9.97 Å². The third kappa shape index (κ3) is 1.89. The van der Waals surface area contributed by atoms with Crippen LogP contribution in [0.4, 0.5) is 17.6 Å². The molecule has 2 heterocycles. The third-order valence-corrected chi connectivity index (χ3v) is 3.16. The SMILES string of the molecule is CNc1cc(N2CCCC2(C)C)nc(N)n1. The topological polar surface area (TPSA) is 67.1 Å². The average Bonchev–Trinajstić information content (AvgIpc) is 2.57. The Labute approximate surface area is 96.1 Å². The number of hydrogen-bond acceptors (Lipinski definition) is 5. The Morgan fingerprint density at radius 3 is 2.75 bits per heavy atom. The Morgan fingerprint density at radius 1 is 1.44 bits per heavy atom. The Bertz CT molecular complexity index is 388. The molecule has 0 saturated carbocycles. The summed E-state index contributed by atoms with van der Waals surface area (Å²) in [4.78, 5) is 10.7. The Kier molecular flexibility index (Phi) is 2.61. The summed E-state index contributed by atoms with van der Waals surface area (Å²) in [5, 5.41) is 3.00. The van der Waals surface area contributed by atoms with Crippen LogP contribution in [0.15, 0.2) is 6.07 Å². The van der Waals surface area contributed by atoms with Gasteiger partial charge in [0.1, 0.15) is 11.6 Å². The van der Waals surface area contributed by atoms with Gasteiger partial charge < -0.3 is 16.0 Å². The summed E-state index contributed by atoms with van der Waals surface area (Å²) < 4.78 is 0. The molecule has 0 amide bonds. The number of nitrogens with zero attached hydrogens (tertiary/aromatic N) is 3. The van der Waals surface area contributed by atoms with Crippen LogP contribution in [0.25, 0.3) is 0 Å². The zero-order valence-electron chi connectivity index (χ0n) is 10.1. The molecule has 0 radical (unpaired) electrons. The molecule has 1 saturated heterocycles. The lowest BCUT2D eigenvalue weighted by atomic mass is 10.0. The van der Waals surface area contributed by atoms with Crippen LogP contribution in [0.3, 0.4) is 0 Å². The summed E-state index contributed by atoms with van der Waals surface area (Å²) in [6.07, 6.45) is 2.39. The fourth-order valence-electron chi connectivity index (χ4n) is 2.25. The molecule has 2 rings (SSSR count). The second kappa shape index (κ2) is 3.81. The smallest absolute Gasteiger partial charge is 0.223 e. The van der Waals surface area contributed by atoms with Crippen molar-refractivity contribution in [3.05, 3.63) is 6.07 Å². The highest BCUT2D eigenvalue weighted by molar-refractivity contribution is 5.54. The van der Waals surface area contributed by atoms with Gasteiger partial charge in [0.25, 0.3) is 0 Å². The molecule has 3 N–H and O–H groups in total. The van der Waals surface area contributed by atoms with Crippen molar-refractivity contribution in [2.75, 3.05) is 29.5 Å². The monoisotopic (exact) mass is 221 g/mol. The fourth-order valence-corrected chi connectivity index (χ4v) is 2.25. The van der Waals surface area contributed by atoms with Gasteiger partial charge in [0, 0.05) is 25.2 Å². The van der Waals surface area contributed by atoms with Gasteiger partial charge in [-0.05, 0) is 26.7 Å². The van der Waals surface area contributed by atoms with Gasteiger partial charge >= 0.3 is 0 Å². The molecular weight excluding hydrogens is 202 g/mol. The van der Waals surface area contributed by atoms with Crippen LogP contribution >= 0.6 is 0 Å². The van der Waals surface area contributed by atoms with Crippen molar-refractivity contribution in [1.29, 1.82) is 0 Å². The van der Waals surface area contributed by atoms with E-state index in [0.29, 0.717) is 5.95 Å². The first-order valence-electron chi connectivity index (χ1n) is 5.63. The van der Waals surface area contributed by atoms with Gasteiger partial charge in [-0.1, -0.05) is 0 Å². The molecule has 1 aromatic rings. The number of hydrogen-bond donors (Lipinski definition) is 2. The highest BCUT2D eigenvalue weighted by Gasteiger charge is 2.33. The van der Waals surface area contributed by atoms with Crippen molar-refractivity contribution in [2.45, 2.75) is 32.2 Å². The highest BCUT2D eigenvalue weighted by atomic mass is 15.3. The van der Waals surface area contributed by atoms with Crippen molar-refractivity contribution in [2.24, 2.45) is 0 Å². The number of nitrogen functional groups attached to an aromatic ring is 1. The van der Waals surface area contributed by atoms with Crippen LogP contribution in [0.2, 0.25) is 0 Å². The lowest BCUT2D eigenvalue weighted by molar-refractivity contribution is 0.514. The number of nitrogens with two attached hydrogens (primary N) is 1. The standard InChI is InChI=1S/C11H19N5/c1-11(2)5-4-6-16(11)9-7-8(13-3)14-10(12)15-9/h7H,4-6H2,1-3H3,(H3,12,13,14,15). The summed E-state index contributed by atoms with van der Waals surface area (Å²) in [5.74, 6) is 2.01. The first kappa shape index (κ1) is 11.0. The zero-order valence-corrected chi connectivity index (χ0v) is 10.1. The Morgan fingerprint density at radius 2 is 2.19 bits per heavy atom. The lowest BCUT2D eigenvalue weighted by Gasteiger charge is -2.32. The molecule has 16 heavy (non-hydrogen) atoms.